The van der Waals surface area contributed by atoms with Gasteiger partial charge in [-0.25, -0.2) is 4.39 Å². The maximum atomic E-state index is 13.0. The Kier molecular flexibility index (Phi) is 2.52. The summed E-state index contributed by atoms with van der Waals surface area (Å²) in [7, 11) is 1.65. The minimum atomic E-state index is -0.226. The Morgan fingerprint density at radius 1 is 1.50 bits per heavy atom. The maximum absolute atomic E-state index is 13.0. The zero-order valence-electron chi connectivity index (χ0n) is 8.16. The monoisotopic (exact) mass is 195 g/mol. The lowest BCUT2D eigenvalue weighted by Crippen LogP contribution is -2.33. The Morgan fingerprint density at radius 2 is 2.29 bits per heavy atom. The first-order chi connectivity index (χ1) is 6.72. The number of nitrogens with two attached hydrogens (primary N) is 1. The highest BCUT2D eigenvalue weighted by Crippen LogP contribution is 2.30. The van der Waals surface area contributed by atoms with Gasteiger partial charge >= 0.3 is 0 Å². The second-order valence-corrected chi connectivity index (χ2v) is 3.68. The normalized spacial score (nSPS) is 25.9. The molecule has 2 rings (SSSR count). The van der Waals surface area contributed by atoms with Crippen LogP contribution in [0.4, 0.5) is 4.39 Å². The number of halogens is 1. The van der Waals surface area contributed by atoms with Crippen LogP contribution < -0.4 is 5.73 Å². The van der Waals surface area contributed by atoms with Crippen molar-refractivity contribution in [3.8, 4) is 0 Å². The highest BCUT2D eigenvalue weighted by atomic mass is 19.1. The molecule has 1 aliphatic carbocycles. The molecule has 0 fully saturated rings. The molecule has 0 radical (unpaired) electrons. The maximum Gasteiger partial charge on any atom is 0.123 e. The van der Waals surface area contributed by atoms with Gasteiger partial charge in [-0.3, -0.25) is 0 Å². The summed E-state index contributed by atoms with van der Waals surface area (Å²) in [6.45, 7) is 0. The third-order valence-corrected chi connectivity index (χ3v) is 2.87. The average Bonchev–Trinajstić information content (AvgIpc) is 2.20. The van der Waals surface area contributed by atoms with E-state index in [1.807, 2.05) is 6.07 Å². The van der Waals surface area contributed by atoms with Gasteiger partial charge in [-0.1, -0.05) is 6.07 Å². The van der Waals surface area contributed by atoms with Crippen LogP contribution in [-0.4, -0.2) is 13.2 Å². The number of hydrogen-bond donors (Lipinski definition) is 1. The summed E-state index contributed by atoms with van der Waals surface area (Å²) in [5.41, 5.74) is 8.02. The van der Waals surface area contributed by atoms with E-state index in [9.17, 15) is 4.39 Å². The lowest BCUT2D eigenvalue weighted by Gasteiger charge is -2.29. The molecule has 0 heterocycles. The van der Waals surface area contributed by atoms with E-state index in [0.717, 1.165) is 24.0 Å². The molecular weight excluding hydrogens is 181 g/mol. The minimum absolute atomic E-state index is 0.0179. The molecule has 0 amide bonds. The van der Waals surface area contributed by atoms with Gasteiger partial charge in [0, 0.05) is 7.11 Å². The van der Waals surface area contributed by atoms with Crippen LogP contribution in [0.15, 0.2) is 18.2 Å². The highest BCUT2D eigenvalue weighted by Gasteiger charge is 2.26. The predicted molar refractivity (Wildman–Crippen MR) is 52.4 cm³/mol. The van der Waals surface area contributed by atoms with E-state index in [0.29, 0.717) is 0 Å². The first-order valence-electron chi connectivity index (χ1n) is 4.79. The average molecular weight is 195 g/mol. The lowest BCUT2D eigenvalue weighted by molar-refractivity contribution is 0.0677. The van der Waals surface area contributed by atoms with E-state index in [1.165, 1.54) is 12.1 Å². The number of rotatable bonds is 1. The smallest absolute Gasteiger partial charge is 0.123 e. The van der Waals surface area contributed by atoms with Crippen molar-refractivity contribution in [2.24, 2.45) is 5.73 Å². The van der Waals surface area contributed by atoms with Gasteiger partial charge in [0.15, 0.2) is 0 Å². The molecular formula is C11H14FNO. The van der Waals surface area contributed by atoms with Crippen LogP contribution in [0.5, 0.6) is 0 Å². The number of aryl methyl sites for hydroxylation is 1. The Hall–Kier alpha value is -0.930. The molecule has 2 unspecified atom stereocenters. The van der Waals surface area contributed by atoms with Crippen molar-refractivity contribution in [2.45, 2.75) is 25.0 Å². The Bertz CT molecular complexity index is 340. The summed E-state index contributed by atoms with van der Waals surface area (Å²) in [5, 5.41) is 0. The fraction of sp³-hybridized carbons (Fsp3) is 0.455. The van der Waals surface area contributed by atoms with Crippen molar-refractivity contribution in [3.63, 3.8) is 0 Å². The summed E-state index contributed by atoms with van der Waals surface area (Å²) in [6, 6.07) is 4.62. The zero-order chi connectivity index (χ0) is 10.1. The third-order valence-electron chi connectivity index (χ3n) is 2.87. The fourth-order valence-corrected chi connectivity index (χ4v) is 2.05. The van der Waals surface area contributed by atoms with Crippen molar-refractivity contribution < 1.29 is 9.13 Å². The van der Waals surface area contributed by atoms with Crippen LogP contribution in [0.1, 0.15) is 23.6 Å². The van der Waals surface area contributed by atoms with E-state index < -0.39 is 0 Å². The Balaban J connectivity index is 2.38. The summed E-state index contributed by atoms with van der Waals surface area (Å²) in [5.74, 6) is -0.226. The van der Waals surface area contributed by atoms with Crippen LogP contribution in [0.3, 0.4) is 0 Å². The van der Waals surface area contributed by atoms with Gasteiger partial charge in [0.2, 0.25) is 0 Å². The van der Waals surface area contributed by atoms with Gasteiger partial charge in [-0.15, -0.1) is 0 Å². The van der Waals surface area contributed by atoms with E-state index in [-0.39, 0.29) is 18.0 Å². The predicted octanol–water partition coefficient (Wildman–Crippen LogP) is 1.79. The first kappa shape index (κ1) is 9.62. The van der Waals surface area contributed by atoms with Gasteiger partial charge in [0.05, 0.1) is 12.1 Å². The molecule has 1 aromatic rings. The second-order valence-electron chi connectivity index (χ2n) is 3.68. The summed E-state index contributed by atoms with van der Waals surface area (Å²) >= 11 is 0. The van der Waals surface area contributed by atoms with Crippen molar-refractivity contribution >= 4 is 0 Å². The van der Waals surface area contributed by atoms with E-state index in [4.69, 9.17) is 10.5 Å². The van der Waals surface area contributed by atoms with E-state index in [2.05, 4.69) is 0 Å². The largest absolute Gasteiger partial charge is 0.379 e. The second kappa shape index (κ2) is 3.67. The fourth-order valence-electron chi connectivity index (χ4n) is 2.05. The Morgan fingerprint density at radius 3 is 3.00 bits per heavy atom. The summed E-state index contributed by atoms with van der Waals surface area (Å²) in [4.78, 5) is 0. The number of benzene rings is 1. The van der Waals surface area contributed by atoms with Gasteiger partial charge in [0.25, 0.3) is 0 Å². The molecule has 0 saturated heterocycles. The van der Waals surface area contributed by atoms with Crippen LogP contribution in [0.25, 0.3) is 0 Å². The zero-order valence-corrected chi connectivity index (χ0v) is 8.16. The third kappa shape index (κ3) is 1.53. The molecule has 0 aliphatic heterocycles. The summed E-state index contributed by atoms with van der Waals surface area (Å²) in [6.07, 6.45) is 1.85. The van der Waals surface area contributed by atoms with Gasteiger partial charge in [0.1, 0.15) is 5.82 Å². The first-order valence-corrected chi connectivity index (χ1v) is 4.79. The van der Waals surface area contributed by atoms with Gasteiger partial charge in [-0.2, -0.15) is 0 Å². The number of methoxy groups -OCH3 is 1. The van der Waals surface area contributed by atoms with Crippen LogP contribution in [0.2, 0.25) is 0 Å². The van der Waals surface area contributed by atoms with Crippen molar-refractivity contribution in [1.82, 2.24) is 0 Å². The van der Waals surface area contributed by atoms with Gasteiger partial charge < -0.3 is 10.5 Å². The number of fused-ring (bicyclic) bond motifs is 1. The highest BCUT2D eigenvalue weighted by molar-refractivity contribution is 5.33. The lowest BCUT2D eigenvalue weighted by atomic mass is 9.86. The molecule has 0 bridgehead atoms. The molecule has 1 aromatic carbocycles. The molecule has 76 valence electrons. The van der Waals surface area contributed by atoms with Crippen molar-refractivity contribution in [2.75, 3.05) is 7.11 Å². The Labute approximate surface area is 82.9 Å². The standard InChI is InChI=1S/C11H14FNO/c1-14-10-5-3-7-2-4-8(12)6-9(7)11(10)13/h2,4,6,10-11H,3,5,13H2,1H3. The quantitative estimate of drug-likeness (QED) is 0.741. The molecule has 3 heteroatoms. The number of hydrogen-bond acceptors (Lipinski definition) is 2. The molecule has 2 atom stereocenters. The minimum Gasteiger partial charge on any atom is -0.379 e. The molecule has 0 saturated carbocycles. The van der Waals surface area contributed by atoms with Crippen molar-refractivity contribution in [1.29, 1.82) is 0 Å². The molecule has 0 aromatic heterocycles. The van der Waals surface area contributed by atoms with E-state index >= 15 is 0 Å². The van der Waals surface area contributed by atoms with Gasteiger partial charge in [-0.05, 0) is 36.1 Å². The molecule has 2 nitrogen and oxygen atoms in total. The molecule has 14 heavy (non-hydrogen) atoms. The van der Waals surface area contributed by atoms with Crippen molar-refractivity contribution in [3.05, 3.63) is 35.1 Å². The van der Waals surface area contributed by atoms with Crippen LogP contribution in [-0.2, 0) is 11.2 Å². The van der Waals surface area contributed by atoms with Crippen LogP contribution >= 0.6 is 0 Å². The molecule has 1 aliphatic rings. The number of ether oxygens (including phenoxy) is 1. The topological polar surface area (TPSA) is 35.2 Å². The SMILES string of the molecule is COC1CCc2ccc(F)cc2C1N. The van der Waals surface area contributed by atoms with Crippen LogP contribution in [0, 0.1) is 5.82 Å². The van der Waals surface area contributed by atoms with E-state index in [1.54, 1.807) is 7.11 Å². The summed E-state index contributed by atoms with van der Waals surface area (Å²) < 4.78 is 18.3. The molecule has 0 spiro atoms. The molecule has 2 N–H and O–H groups in total.